The lowest BCUT2D eigenvalue weighted by Crippen LogP contribution is -2.12. The zero-order chi connectivity index (χ0) is 13.0. The van der Waals surface area contributed by atoms with E-state index in [9.17, 15) is 4.79 Å². The van der Waals surface area contributed by atoms with Crippen LogP contribution in [0.4, 0.5) is 0 Å². The molecule has 0 amide bonds. The fourth-order valence-electron chi connectivity index (χ4n) is 1.68. The average Bonchev–Trinajstić information content (AvgIpc) is 2.39. The first-order valence-electron chi connectivity index (χ1n) is 5.73. The first-order chi connectivity index (χ1) is 8.70. The summed E-state index contributed by atoms with van der Waals surface area (Å²) in [4.78, 5) is 15.7. The molecule has 94 valence electrons. The van der Waals surface area contributed by atoms with Gasteiger partial charge in [0.05, 0.1) is 12.8 Å². The van der Waals surface area contributed by atoms with Crippen molar-refractivity contribution in [2.24, 2.45) is 4.99 Å². The van der Waals surface area contributed by atoms with Gasteiger partial charge in [0.2, 0.25) is 5.78 Å². The summed E-state index contributed by atoms with van der Waals surface area (Å²) >= 11 is 0. The summed E-state index contributed by atoms with van der Waals surface area (Å²) in [6.45, 7) is 2.13. The third-order valence-electron chi connectivity index (χ3n) is 2.69. The zero-order valence-corrected chi connectivity index (χ0v) is 10.5. The van der Waals surface area contributed by atoms with Crippen LogP contribution in [0.2, 0.25) is 0 Å². The summed E-state index contributed by atoms with van der Waals surface area (Å²) in [6, 6.07) is 7.54. The highest BCUT2D eigenvalue weighted by Gasteiger charge is 2.17. The summed E-state index contributed by atoms with van der Waals surface area (Å²) in [5.41, 5.74) is 1.62. The Kier molecular flexibility index (Phi) is 3.77. The van der Waals surface area contributed by atoms with Crippen molar-refractivity contribution >= 4 is 12.0 Å². The Labute approximate surface area is 106 Å². The number of methoxy groups -OCH3 is 1. The second-order valence-electron chi connectivity index (χ2n) is 3.99. The first kappa shape index (κ1) is 12.4. The highest BCUT2D eigenvalue weighted by atomic mass is 16.5. The van der Waals surface area contributed by atoms with Crippen LogP contribution in [0.5, 0.6) is 5.75 Å². The van der Waals surface area contributed by atoms with Crippen LogP contribution < -0.4 is 4.74 Å². The molecular formula is C14H15NO3. The number of carbonyl (C=O) groups excluding carboxylic acids is 1. The molecule has 0 N–H and O–H groups in total. The van der Waals surface area contributed by atoms with E-state index in [1.54, 1.807) is 20.2 Å². The maximum absolute atomic E-state index is 11.6. The molecule has 1 aliphatic heterocycles. The SMILES string of the molecule is COc1ccc(COC2=C(C)N=CCC2=O)cc1. The summed E-state index contributed by atoms with van der Waals surface area (Å²) < 4.78 is 10.6. The van der Waals surface area contributed by atoms with Crippen LogP contribution in [0.15, 0.2) is 40.7 Å². The van der Waals surface area contributed by atoms with Crippen molar-refractivity contribution in [3.63, 3.8) is 0 Å². The van der Waals surface area contributed by atoms with Gasteiger partial charge in [-0.25, -0.2) is 0 Å². The van der Waals surface area contributed by atoms with Crippen LogP contribution in [-0.4, -0.2) is 19.1 Å². The molecule has 0 fully saturated rings. The third kappa shape index (κ3) is 2.77. The summed E-state index contributed by atoms with van der Waals surface area (Å²) in [5, 5.41) is 0. The van der Waals surface area contributed by atoms with Crippen LogP contribution in [-0.2, 0) is 16.1 Å². The highest BCUT2D eigenvalue weighted by molar-refractivity contribution is 6.04. The van der Waals surface area contributed by atoms with Crippen LogP contribution in [0.25, 0.3) is 0 Å². The summed E-state index contributed by atoms with van der Waals surface area (Å²) in [5.74, 6) is 1.15. The largest absolute Gasteiger partial charge is 0.497 e. The molecule has 0 saturated heterocycles. The average molecular weight is 245 g/mol. The van der Waals surface area contributed by atoms with Crippen molar-refractivity contribution in [3.8, 4) is 5.75 Å². The number of hydrogen-bond acceptors (Lipinski definition) is 4. The minimum Gasteiger partial charge on any atom is -0.497 e. The van der Waals surface area contributed by atoms with Gasteiger partial charge in [-0.2, -0.15) is 0 Å². The standard InChI is InChI=1S/C14H15NO3/c1-10-14(13(16)7-8-15-10)18-9-11-3-5-12(17-2)6-4-11/h3-6,8H,7,9H2,1-2H3. The lowest BCUT2D eigenvalue weighted by molar-refractivity contribution is -0.118. The molecular weight excluding hydrogens is 230 g/mol. The Hall–Kier alpha value is -2.10. The number of ketones is 1. The van der Waals surface area contributed by atoms with Crippen LogP contribution in [0, 0.1) is 0 Å². The van der Waals surface area contributed by atoms with Gasteiger partial charge in [-0.15, -0.1) is 0 Å². The highest BCUT2D eigenvalue weighted by Crippen LogP contribution is 2.18. The van der Waals surface area contributed by atoms with Gasteiger partial charge in [0.25, 0.3) is 0 Å². The molecule has 1 heterocycles. The topological polar surface area (TPSA) is 47.9 Å². The zero-order valence-electron chi connectivity index (χ0n) is 10.5. The molecule has 18 heavy (non-hydrogen) atoms. The Morgan fingerprint density at radius 1 is 1.28 bits per heavy atom. The number of aliphatic imine (C=N–C) groups is 1. The van der Waals surface area contributed by atoms with E-state index in [1.807, 2.05) is 24.3 Å². The molecule has 0 atom stereocenters. The molecule has 0 saturated carbocycles. The van der Waals surface area contributed by atoms with E-state index in [4.69, 9.17) is 9.47 Å². The van der Waals surface area contributed by atoms with Crippen molar-refractivity contribution < 1.29 is 14.3 Å². The van der Waals surface area contributed by atoms with Gasteiger partial charge in [-0.3, -0.25) is 9.79 Å². The van der Waals surface area contributed by atoms with Crippen molar-refractivity contribution in [3.05, 3.63) is 41.3 Å². The molecule has 0 radical (unpaired) electrons. The molecule has 0 aromatic heterocycles. The number of Topliss-reactive ketones (excluding diaryl/α,β-unsaturated/α-hetero) is 1. The Morgan fingerprint density at radius 3 is 2.61 bits per heavy atom. The number of benzene rings is 1. The van der Waals surface area contributed by atoms with Gasteiger partial charge in [0, 0.05) is 12.6 Å². The molecule has 4 nitrogen and oxygen atoms in total. The van der Waals surface area contributed by atoms with E-state index in [-0.39, 0.29) is 5.78 Å². The van der Waals surface area contributed by atoms with Crippen molar-refractivity contribution in [1.82, 2.24) is 0 Å². The van der Waals surface area contributed by atoms with Gasteiger partial charge in [0.15, 0.2) is 5.76 Å². The van der Waals surface area contributed by atoms with Crippen LogP contribution in [0.3, 0.4) is 0 Å². The molecule has 0 bridgehead atoms. The number of rotatable bonds is 4. The number of carbonyl (C=O) groups is 1. The molecule has 1 aliphatic rings. The molecule has 4 heteroatoms. The fraction of sp³-hybridized carbons (Fsp3) is 0.286. The van der Waals surface area contributed by atoms with Crippen molar-refractivity contribution in [2.45, 2.75) is 20.0 Å². The van der Waals surface area contributed by atoms with E-state index in [0.29, 0.717) is 24.5 Å². The maximum Gasteiger partial charge on any atom is 0.204 e. The second kappa shape index (κ2) is 5.49. The van der Waals surface area contributed by atoms with Gasteiger partial charge >= 0.3 is 0 Å². The van der Waals surface area contributed by atoms with Gasteiger partial charge in [0.1, 0.15) is 12.4 Å². The van der Waals surface area contributed by atoms with E-state index in [0.717, 1.165) is 11.3 Å². The molecule has 2 rings (SSSR count). The third-order valence-corrected chi connectivity index (χ3v) is 2.69. The minimum absolute atomic E-state index is 0.0176. The normalized spacial score (nSPS) is 14.9. The first-order valence-corrected chi connectivity index (χ1v) is 5.73. The number of hydrogen-bond donors (Lipinski definition) is 0. The number of allylic oxidation sites excluding steroid dienone is 2. The quantitative estimate of drug-likeness (QED) is 0.818. The lowest BCUT2D eigenvalue weighted by atomic mass is 10.2. The van der Waals surface area contributed by atoms with E-state index in [1.165, 1.54) is 0 Å². The Bertz CT molecular complexity index is 500. The molecule has 0 aliphatic carbocycles. The predicted octanol–water partition coefficient (Wildman–Crippen LogP) is 2.49. The molecule has 1 aromatic rings. The molecule has 0 spiro atoms. The Balaban J connectivity index is 2.02. The summed E-state index contributed by atoms with van der Waals surface area (Å²) in [6.07, 6.45) is 1.92. The van der Waals surface area contributed by atoms with Crippen LogP contribution >= 0.6 is 0 Å². The van der Waals surface area contributed by atoms with E-state index in [2.05, 4.69) is 4.99 Å². The second-order valence-corrected chi connectivity index (χ2v) is 3.99. The predicted molar refractivity (Wildman–Crippen MR) is 68.6 cm³/mol. The van der Waals surface area contributed by atoms with E-state index < -0.39 is 0 Å². The van der Waals surface area contributed by atoms with Crippen LogP contribution in [0.1, 0.15) is 18.9 Å². The van der Waals surface area contributed by atoms with Crippen molar-refractivity contribution in [2.75, 3.05) is 7.11 Å². The van der Waals surface area contributed by atoms with Gasteiger partial charge < -0.3 is 9.47 Å². The minimum atomic E-state index is -0.0176. The fourth-order valence-corrected chi connectivity index (χ4v) is 1.68. The molecule has 1 aromatic carbocycles. The maximum atomic E-state index is 11.6. The number of nitrogens with zero attached hydrogens (tertiary/aromatic N) is 1. The number of ether oxygens (including phenoxy) is 2. The Morgan fingerprint density at radius 2 is 2.00 bits per heavy atom. The smallest absolute Gasteiger partial charge is 0.204 e. The monoisotopic (exact) mass is 245 g/mol. The van der Waals surface area contributed by atoms with E-state index >= 15 is 0 Å². The van der Waals surface area contributed by atoms with Crippen molar-refractivity contribution in [1.29, 1.82) is 0 Å². The molecule has 0 unspecified atom stereocenters. The van der Waals surface area contributed by atoms with Gasteiger partial charge in [-0.05, 0) is 24.6 Å². The van der Waals surface area contributed by atoms with Gasteiger partial charge in [-0.1, -0.05) is 12.1 Å². The lowest BCUT2D eigenvalue weighted by Gasteiger charge is -2.13. The summed E-state index contributed by atoms with van der Waals surface area (Å²) in [7, 11) is 1.62.